The molecule has 0 aliphatic rings. The SMILES string of the molecule is O=c1c2ccsc2n2c(=O)c3ccccc3cc2n1-c1nc(-c2ccccc2)nc(-c2cccc(-c3ccccc3)c2)n1. The molecule has 0 amide bonds. The van der Waals surface area contributed by atoms with Crippen molar-refractivity contribution in [2.75, 3.05) is 0 Å². The summed E-state index contributed by atoms with van der Waals surface area (Å²) in [4.78, 5) is 43.1. The van der Waals surface area contributed by atoms with Gasteiger partial charge in [-0.1, -0.05) is 97.1 Å². The number of nitrogens with zero attached hydrogens (tertiary/aromatic N) is 5. The Bertz CT molecular complexity index is 2450. The summed E-state index contributed by atoms with van der Waals surface area (Å²) in [5.74, 6) is 0.976. The highest BCUT2D eigenvalue weighted by Gasteiger charge is 2.20. The lowest BCUT2D eigenvalue weighted by Crippen LogP contribution is -2.27. The minimum atomic E-state index is -0.305. The third kappa shape index (κ3) is 4.15. The van der Waals surface area contributed by atoms with Gasteiger partial charge >= 0.3 is 0 Å². The Morgan fingerprint density at radius 1 is 0.535 bits per heavy atom. The summed E-state index contributed by atoms with van der Waals surface area (Å²) < 4.78 is 3.02. The number of rotatable bonds is 4. The topological polar surface area (TPSA) is 82.1 Å². The highest BCUT2D eigenvalue weighted by Crippen LogP contribution is 2.28. The van der Waals surface area contributed by atoms with Crippen LogP contribution in [0.25, 0.3) is 66.5 Å². The summed E-state index contributed by atoms with van der Waals surface area (Å²) in [6, 6.07) is 38.6. The van der Waals surface area contributed by atoms with Crippen LogP contribution in [0.15, 0.2) is 136 Å². The maximum atomic E-state index is 14.1. The minimum absolute atomic E-state index is 0.138. The van der Waals surface area contributed by atoms with Gasteiger partial charge < -0.3 is 0 Å². The molecule has 8 heteroatoms. The van der Waals surface area contributed by atoms with Crippen molar-refractivity contribution in [3.8, 4) is 39.9 Å². The Kier molecular flexibility index (Phi) is 5.80. The molecule has 0 saturated heterocycles. The third-order valence-corrected chi connectivity index (χ3v) is 8.40. The summed E-state index contributed by atoms with van der Waals surface area (Å²) in [7, 11) is 0. The fourth-order valence-corrected chi connectivity index (χ4v) is 6.34. The molecule has 0 unspecified atom stereocenters. The normalized spacial score (nSPS) is 11.4. The maximum absolute atomic E-state index is 14.1. The Morgan fingerprint density at radius 2 is 1.19 bits per heavy atom. The van der Waals surface area contributed by atoms with Crippen LogP contribution in [-0.4, -0.2) is 23.9 Å². The van der Waals surface area contributed by atoms with Gasteiger partial charge in [-0.15, -0.1) is 11.3 Å². The molecule has 0 fully saturated rings. The summed E-state index contributed by atoms with van der Waals surface area (Å²) in [6.45, 7) is 0. The van der Waals surface area contributed by atoms with Crippen LogP contribution in [0, 0.1) is 0 Å². The summed E-state index contributed by atoms with van der Waals surface area (Å²) >= 11 is 1.35. The Labute approximate surface area is 248 Å². The van der Waals surface area contributed by atoms with E-state index in [1.54, 1.807) is 16.5 Å². The molecule has 0 atom stereocenters. The van der Waals surface area contributed by atoms with Crippen molar-refractivity contribution < 1.29 is 0 Å². The van der Waals surface area contributed by atoms with Crippen molar-refractivity contribution in [1.29, 1.82) is 0 Å². The Morgan fingerprint density at radius 3 is 1.98 bits per heavy atom. The number of thiophene rings is 1. The van der Waals surface area contributed by atoms with E-state index in [-0.39, 0.29) is 17.1 Å². The first-order valence-corrected chi connectivity index (χ1v) is 14.6. The van der Waals surface area contributed by atoms with Crippen LogP contribution >= 0.6 is 11.3 Å². The lowest BCUT2D eigenvalue weighted by Gasteiger charge is -2.14. The van der Waals surface area contributed by atoms with E-state index in [9.17, 15) is 9.59 Å². The highest BCUT2D eigenvalue weighted by atomic mass is 32.1. The second kappa shape index (κ2) is 9.97. The van der Waals surface area contributed by atoms with Crippen molar-refractivity contribution in [1.82, 2.24) is 23.9 Å². The zero-order valence-corrected chi connectivity index (χ0v) is 23.4. The standard InChI is InChI=1S/C35H21N5O2S/c41-32-27-17-8-7-14-25(27)21-29-39(32)34-28(18-19-43-34)33(42)40(29)35-37-30(23-12-5-2-6-13-23)36-31(38-35)26-16-9-15-24(20-26)22-10-3-1-4-11-22/h1-21H. The number of aromatic nitrogens is 5. The van der Waals surface area contributed by atoms with Crippen LogP contribution in [-0.2, 0) is 0 Å². The van der Waals surface area contributed by atoms with E-state index in [1.165, 1.54) is 15.9 Å². The molecule has 8 rings (SSSR count). The predicted octanol–water partition coefficient (Wildman–Crippen LogP) is 7.00. The monoisotopic (exact) mass is 575 g/mol. The first-order chi connectivity index (χ1) is 21.2. The number of fused-ring (bicyclic) bond motifs is 4. The van der Waals surface area contributed by atoms with Crippen LogP contribution < -0.4 is 11.1 Å². The zero-order chi connectivity index (χ0) is 28.9. The largest absolute Gasteiger partial charge is 0.269 e. The first-order valence-electron chi connectivity index (χ1n) is 13.7. The van der Waals surface area contributed by atoms with E-state index < -0.39 is 0 Å². The molecule has 0 aliphatic carbocycles. The van der Waals surface area contributed by atoms with Crippen LogP contribution in [0.3, 0.4) is 0 Å². The summed E-state index contributed by atoms with van der Waals surface area (Å²) in [6.07, 6.45) is 0. The van der Waals surface area contributed by atoms with Gasteiger partial charge in [-0.2, -0.15) is 9.97 Å². The molecular weight excluding hydrogens is 554 g/mol. The molecule has 4 aromatic heterocycles. The van der Waals surface area contributed by atoms with Gasteiger partial charge in [0.05, 0.1) is 5.39 Å². The molecule has 4 aromatic carbocycles. The van der Waals surface area contributed by atoms with Crippen molar-refractivity contribution in [3.05, 3.63) is 147 Å². The molecular formula is C35H21N5O2S. The average molecular weight is 576 g/mol. The van der Waals surface area contributed by atoms with Gasteiger partial charge in [0.1, 0.15) is 10.5 Å². The van der Waals surface area contributed by atoms with Gasteiger partial charge in [-0.3, -0.25) is 14.0 Å². The van der Waals surface area contributed by atoms with E-state index >= 15 is 0 Å². The zero-order valence-electron chi connectivity index (χ0n) is 22.6. The molecule has 204 valence electrons. The number of pyridine rings is 1. The average Bonchev–Trinajstić information content (AvgIpc) is 3.56. The van der Waals surface area contributed by atoms with Gasteiger partial charge in [-0.25, -0.2) is 9.55 Å². The fraction of sp³-hybridized carbons (Fsp3) is 0. The van der Waals surface area contributed by atoms with E-state index in [1.807, 2.05) is 102 Å². The molecule has 4 heterocycles. The van der Waals surface area contributed by atoms with Crippen molar-refractivity contribution in [2.45, 2.75) is 0 Å². The summed E-state index contributed by atoms with van der Waals surface area (Å²) in [5.41, 5.74) is 3.52. The van der Waals surface area contributed by atoms with Gasteiger partial charge in [0.15, 0.2) is 11.6 Å². The maximum Gasteiger partial charge on any atom is 0.269 e. The van der Waals surface area contributed by atoms with Gasteiger partial charge in [-0.05, 0) is 46.2 Å². The molecule has 0 aliphatic heterocycles. The van der Waals surface area contributed by atoms with E-state index in [0.717, 1.165) is 27.6 Å². The van der Waals surface area contributed by atoms with Crippen LogP contribution in [0.5, 0.6) is 0 Å². The highest BCUT2D eigenvalue weighted by molar-refractivity contribution is 7.16. The Hall–Kier alpha value is -5.73. The summed E-state index contributed by atoms with van der Waals surface area (Å²) in [5, 5.41) is 3.54. The second-order valence-corrected chi connectivity index (χ2v) is 11.0. The first kappa shape index (κ1) is 25.0. The van der Waals surface area contributed by atoms with E-state index in [4.69, 9.17) is 15.0 Å². The number of hydrogen-bond acceptors (Lipinski definition) is 6. The molecule has 7 nitrogen and oxygen atoms in total. The van der Waals surface area contributed by atoms with Crippen molar-refractivity contribution in [2.24, 2.45) is 0 Å². The van der Waals surface area contributed by atoms with Gasteiger partial charge in [0.2, 0.25) is 5.95 Å². The van der Waals surface area contributed by atoms with E-state index in [0.29, 0.717) is 32.9 Å². The molecule has 0 spiro atoms. The molecule has 8 aromatic rings. The Balaban J connectivity index is 1.46. The van der Waals surface area contributed by atoms with Crippen LogP contribution in [0.1, 0.15) is 0 Å². The fourth-order valence-electron chi connectivity index (χ4n) is 5.44. The van der Waals surface area contributed by atoms with Gasteiger partial charge in [0, 0.05) is 16.5 Å². The van der Waals surface area contributed by atoms with Gasteiger partial charge in [0.25, 0.3) is 11.1 Å². The lowest BCUT2D eigenvalue weighted by molar-refractivity contribution is 0.879. The van der Waals surface area contributed by atoms with Crippen molar-refractivity contribution in [3.63, 3.8) is 0 Å². The van der Waals surface area contributed by atoms with Crippen LogP contribution in [0.2, 0.25) is 0 Å². The molecule has 43 heavy (non-hydrogen) atoms. The predicted molar refractivity (Wildman–Crippen MR) is 172 cm³/mol. The van der Waals surface area contributed by atoms with Crippen LogP contribution in [0.4, 0.5) is 0 Å². The second-order valence-electron chi connectivity index (χ2n) is 10.1. The molecule has 0 radical (unpaired) electrons. The quantitative estimate of drug-likeness (QED) is 0.211. The van der Waals surface area contributed by atoms with Crippen molar-refractivity contribution >= 4 is 38.0 Å². The third-order valence-electron chi connectivity index (χ3n) is 7.50. The molecule has 0 N–H and O–H groups in total. The molecule has 0 bridgehead atoms. The number of benzene rings is 4. The smallest absolute Gasteiger partial charge is 0.268 e. The van der Waals surface area contributed by atoms with E-state index in [2.05, 4.69) is 12.1 Å². The number of hydrogen-bond donors (Lipinski definition) is 0. The minimum Gasteiger partial charge on any atom is -0.268 e. The lowest BCUT2D eigenvalue weighted by atomic mass is 10.0. The molecule has 0 saturated carbocycles.